The summed E-state index contributed by atoms with van der Waals surface area (Å²) in [7, 11) is 0. The van der Waals surface area contributed by atoms with E-state index in [0.717, 1.165) is 31.0 Å². The van der Waals surface area contributed by atoms with Crippen molar-refractivity contribution in [1.82, 2.24) is 9.88 Å². The molecule has 0 unspecified atom stereocenters. The average molecular weight is 286 g/mol. The Kier molecular flexibility index (Phi) is 7.13. The molecule has 0 aromatic carbocycles. The van der Waals surface area contributed by atoms with E-state index in [1.807, 2.05) is 19.1 Å². The van der Waals surface area contributed by atoms with Crippen molar-refractivity contribution in [2.24, 2.45) is 0 Å². The number of aliphatic hydroxyl groups is 1. The van der Waals surface area contributed by atoms with E-state index in [0.29, 0.717) is 17.6 Å². The zero-order valence-corrected chi connectivity index (χ0v) is 12.7. The van der Waals surface area contributed by atoms with E-state index < -0.39 is 0 Å². The van der Waals surface area contributed by atoms with Crippen LogP contribution in [0.1, 0.15) is 32.9 Å². The summed E-state index contributed by atoms with van der Waals surface area (Å²) in [5.41, 5.74) is 0.881. The summed E-state index contributed by atoms with van der Waals surface area (Å²) in [6.07, 6.45) is 0.767. The molecule has 19 heavy (non-hydrogen) atoms. The maximum atomic E-state index is 8.95. The fraction of sp³-hybridized carbons (Fsp3) is 0.643. The molecule has 0 aliphatic carbocycles. The first-order valence-corrected chi connectivity index (χ1v) is 7.20. The molecule has 0 amide bonds. The predicted molar refractivity (Wildman–Crippen MR) is 80.7 cm³/mol. The Bertz CT molecular complexity index is 385. The minimum Gasteiger partial charge on any atom is -0.396 e. The molecule has 0 saturated heterocycles. The third kappa shape index (κ3) is 5.35. The number of anilines is 1. The van der Waals surface area contributed by atoms with Gasteiger partial charge in [-0.15, -0.1) is 0 Å². The van der Waals surface area contributed by atoms with E-state index in [1.54, 1.807) is 0 Å². The number of aromatic nitrogens is 1. The smallest absolute Gasteiger partial charge is 0.126 e. The van der Waals surface area contributed by atoms with Gasteiger partial charge in [-0.05, 0) is 39.3 Å². The number of hydrogen-bond donors (Lipinski definition) is 2. The summed E-state index contributed by atoms with van der Waals surface area (Å²) in [6.45, 7) is 8.91. The molecule has 0 radical (unpaired) electrons. The van der Waals surface area contributed by atoms with E-state index in [2.05, 4.69) is 29.0 Å². The maximum Gasteiger partial charge on any atom is 0.126 e. The van der Waals surface area contributed by atoms with Crippen LogP contribution in [0.5, 0.6) is 0 Å². The summed E-state index contributed by atoms with van der Waals surface area (Å²) in [5, 5.41) is 12.8. The van der Waals surface area contributed by atoms with Gasteiger partial charge < -0.3 is 10.4 Å². The fourth-order valence-electron chi connectivity index (χ4n) is 1.86. The van der Waals surface area contributed by atoms with Gasteiger partial charge in [-0.1, -0.05) is 11.6 Å². The lowest BCUT2D eigenvalue weighted by Gasteiger charge is -2.26. The number of pyridine rings is 1. The van der Waals surface area contributed by atoms with Gasteiger partial charge in [0, 0.05) is 32.3 Å². The Morgan fingerprint density at radius 3 is 2.74 bits per heavy atom. The van der Waals surface area contributed by atoms with Crippen LogP contribution >= 0.6 is 11.6 Å². The molecule has 0 saturated carbocycles. The summed E-state index contributed by atoms with van der Waals surface area (Å²) in [4.78, 5) is 6.81. The number of rotatable bonds is 8. The summed E-state index contributed by atoms with van der Waals surface area (Å²) in [5.74, 6) is 0.854. The number of nitrogens with one attached hydrogen (secondary N) is 1. The molecular formula is C14H24ClN3O. The van der Waals surface area contributed by atoms with Crippen molar-refractivity contribution in [2.45, 2.75) is 39.8 Å². The minimum atomic E-state index is 0.210. The lowest BCUT2D eigenvalue weighted by atomic mass is 10.2. The normalized spacial score (nSPS) is 11.3. The molecule has 2 N–H and O–H groups in total. The van der Waals surface area contributed by atoms with Crippen LogP contribution in [0, 0.1) is 0 Å². The molecule has 108 valence electrons. The van der Waals surface area contributed by atoms with Crippen LogP contribution in [-0.2, 0) is 6.54 Å². The van der Waals surface area contributed by atoms with Gasteiger partial charge in [0.05, 0.1) is 10.7 Å². The Morgan fingerprint density at radius 2 is 2.16 bits per heavy atom. The van der Waals surface area contributed by atoms with Crippen LogP contribution in [0.2, 0.25) is 5.02 Å². The highest BCUT2D eigenvalue weighted by atomic mass is 35.5. The lowest BCUT2D eigenvalue weighted by Crippen LogP contribution is -2.32. The topological polar surface area (TPSA) is 48.4 Å². The molecule has 1 aromatic heterocycles. The van der Waals surface area contributed by atoms with Gasteiger partial charge in [0.25, 0.3) is 0 Å². The monoisotopic (exact) mass is 285 g/mol. The van der Waals surface area contributed by atoms with Gasteiger partial charge >= 0.3 is 0 Å². The van der Waals surface area contributed by atoms with Gasteiger partial charge in [0.15, 0.2) is 0 Å². The fourth-order valence-corrected chi connectivity index (χ4v) is 2.03. The molecule has 1 rings (SSSR count). The third-order valence-corrected chi connectivity index (χ3v) is 3.31. The van der Waals surface area contributed by atoms with Crippen LogP contribution < -0.4 is 5.32 Å². The number of nitrogens with zero attached hydrogens (tertiary/aromatic N) is 2. The summed E-state index contributed by atoms with van der Waals surface area (Å²) >= 11 is 6.21. The zero-order chi connectivity index (χ0) is 14.3. The second-order valence-corrected chi connectivity index (χ2v) is 5.20. The molecule has 0 aliphatic rings. The second-order valence-electron chi connectivity index (χ2n) is 4.80. The van der Waals surface area contributed by atoms with E-state index in [4.69, 9.17) is 16.7 Å². The molecule has 0 spiro atoms. The summed E-state index contributed by atoms with van der Waals surface area (Å²) in [6, 6.07) is 4.17. The highest BCUT2D eigenvalue weighted by Gasteiger charge is 2.13. The highest BCUT2D eigenvalue weighted by molar-refractivity contribution is 6.31. The van der Waals surface area contributed by atoms with E-state index >= 15 is 0 Å². The third-order valence-electron chi connectivity index (χ3n) is 2.96. The molecule has 0 bridgehead atoms. The first-order valence-electron chi connectivity index (χ1n) is 6.82. The Hall–Kier alpha value is -0.840. The molecule has 1 aromatic rings. The Labute approximate surface area is 120 Å². The van der Waals surface area contributed by atoms with Crippen LogP contribution in [-0.4, -0.2) is 40.7 Å². The SMILES string of the molecule is CCNc1ccc(Cl)c(CN(CCCO)C(C)C)n1. The van der Waals surface area contributed by atoms with Crippen molar-refractivity contribution in [3.8, 4) is 0 Å². The first kappa shape index (κ1) is 16.2. The lowest BCUT2D eigenvalue weighted by molar-refractivity contribution is 0.183. The maximum absolute atomic E-state index is 8.95. The second kappa shape index (κ2) is 8.35. The minimum absolute atomic E-state index is 0.210. The van der Waals surface area contributed by atoms with Gasteiger partial charge in [-0.3, -0.25) is 4.90 Å². The Balaban J connectivity index is 2.79. The van der Waals surface area contributed by atoms with Crippen molar-refractivity contribution in [1.29, 1.82) is 0 Å². The molecule has 0 fully saturated rings. The van der Waals surface area contributed by atoms with Gasteiger partial charge in [0.2, 0.25) is 0 Å². The molecular weight excluding hydrogens is 262 g/mol. The van der Waals surface area contributed by atoms with E-state index in [-0.39, 0.29) is 6.61 Å². The van der Waals surface area contributed by atoms with Gasteiger partial charge in [-0.2, -0.15) is 0 Å². The number of aliphatic hydroxyl groups excluding tert-OH is 1. The quantitative estimate of drug-likeness (QED) is 0.771. The molecule has 4 nitrogen and oxygen atoms in total. The molecule has 1 heterocycles. The first-order chi connectivity index (χ1) is 9.08. The molecule has 0 aliphatic heterocycles. The van der Waals surface area contributed by atoms with Crippen LogP contribution in [0.4, 0.5) is 5.82 Å². The van der Waals surface area contributed by atoms with Crippen LogP contribution in [0.25, 0.3) is 0 Å². The highest BCUT2D eigenvalue weighted by Crippen LogP contribution is 2.19. The molecule has 5 heteroatoms. The summed E-state index contributed by atoms with van der Waals surface area (Å²) < 4.78 is 0. The van der Waals surface area contributed by atoms with Gasteiger partial charge in [0.1, 0.15) is 5.82 Å². The standard InChI is InChI=1S/C14H24ClN3O/c1-4-16-14-7-6-12(15)13(17-14)10-18(11(2)3)8-5-9-19/h6-7,11,19H,4-5,8-10H2,1-3H3,(H,16,17). The van der Waals surface area contributed by atoms with Crippen molar-refractivity contribution < 1.29 is 5.11 Å². The number of hydrogen-bond acceptors (Lipinski definition) is 4. The van der Waals surface area contributed by atoms with Gasteiger partial charge in [-0.25, -0.2) is 4.98 Å². The molecule has 0 atom stereocenters. The van der Waals surface area contributed by atoms with Crippen LogP contribution in [0.15, 0.2) is 12.1 Å². The van der Waals surface area contributed by atoms with E-state index in [9.17, 15) is 0 Å². The van der Waals surface area contributed by atoms with Crippen molar-refractivity contribution >= 4 is 17.4 Å². The van der Waals surface area contributed by atoms with Crippen molar-refractivity contribution in [2.75, 3.05) is 25.0 Å². The number of halogens is 1. The van der Waals surface area contributed by atoms with Crippen molar-refractivity contribution in [3.63, 3.8) is 0 Å². The average Bonchev–Trinajstić information content (AvgIpc) is 2.38. The zero-order valence-electron chi connectivity index (χ0n) is 12.0. The Morgan fingerprint density at radius 1 is 1.42 bits per heavy atom. The largest absolute Gasteiger partial charge is 0.396 e. The van der Waals surface area contributed by atoms with Crippen LogP contribution in [0.3, 0.4) is 0 Å². The van der Waals surface area contributed by atoms with Crippen molar-refractivity contribution in [3.05, 3.63) is 22.8 Å². The predicted octanol–water partition coefficient (Wildman–Crippen LogP) is 2.76. The van der Waals surface area contributed by atoms with E-state index in [1.165, 1.54) is 0 Å².